The lowest BCUT2D eigenvalue weighted by atomic mass is 9.71. The number of piperidine rings is 2. The molecule has 2 aromatic heterocycles. The molecule has 2 N–H and O–H groups in total. The number of carbonyl (C=O) groups excluding carboxylic acids is 4. The standard InChI is InChI=1S/C39H42N6O7/c1-21-17-40-34-32(21)33(22(2)42(3)38(34)50)23-14-29(51-4)27(30(15-23)52-5)18-43-12-10-39(11-13-43)19-44(20-39)24-6-7-25-26(16-24)37(49)45(36(25)48)28-8-9-31(46)41-35(28)47/h6-7,14-17,28,40H,8-13,18-20H2,1-5H3,(H,41,46,47). The maximum absolute atomic E-state index is 13.4. The highest BCUT2D eigenvalue weighted by Gasteiger charge is 2.47. The highest BCUT2D eigenvalue weighted by molar-refractivity contribution is 6.23. The van der Waals surface area contributed by atoms with E-state index in [1.165, 1.54) is 0 Å². The largest absolute Gasteiger partial charge is 0.496 e. The van der Waals surface area contributed by atoms with E-state index in [2.05, 4.69) is 20.1 Å². The predicted molar refractivity (Wildman–Crippen MR) is 194 cm³/mol. The molecule has 2 aromatic carbocycles. The van der Waals surface area contributed by atoms with Crippen molar-refractivity contribution in [2.24, 2.45) is 12.5 Å². The van der Waals surface area contributed by atoms with E-state index in [0.29, 0.717) is 23.2 Å². The number of aromatic nitrogens is 2. The van der Waals surface area contributed by atoms with Crippen LogP contribution >= 0.6 is 0 Å². The highest BCUT2D eigenvalue weighted by Crippen LogP contribution is 2.45. The lowest BCUT2D eigenvalue weighted by Crippen LogP contribution is -2.60. The molecular weight excluding hydrogens is 664 g/mol. The number of hydrogen-bond donors (Lipinski definition) is 2. The van der Waals surface area contributed by atoms with Gasteiger partial charge in [-0.2, -0.15) is 0 Å². The number of methoxy groups -OCH3 is 2. The molecule has 0 bridgehead atoms. The first-order valence-corrected chi connectivity index (χ1v) is 17.7. The Morgan fingerprint density at radius 1 is 0.904 bits per heavy atom. The zero-order valence-corrected chi connectivity index (χ0v) is 30.1. The number of likely N-dealkylation sites (tertiary alicyclic amines) is 1. The molecule has 4 amide bonds. The Bertz CT molecular complexity index is 2230. The fourth-order valence-electron chi connectivity index (χ4n) is 8.65. The first-order valence-electron chi connectivity index (χ1n) is 17.7. The topological polar surface area (TPSA) is 146 Å². The number of rotatable bonds is 7. The maximum Gasteiger partial charge on any atom is 0.274 e. The highest BCUT2D eigenvalue weighted by atomic mass is 16.5. The number of nitrogens with one attached hydrogen (secondary N) is 2. The van der Waals surface area contributed by atoms with Crippen LogP contribution in [0, 0.1) is 19.3 Å². The van der Waals surface area contributed by atoms with Crippen molar-refractivity contribution in [1.29, 1.82) is 0 Å². The summed E-state index contributed by atoms with van der Waals surface area (Å²) in [6.07, 6.45) is 4.12. The van der Waals surface area contributed by atoms with Crippen LogP contribution in [0.2, 0.25) is 0 Å². The van der Waals surface area contributed by atoms with Gasteiger partial charge in [0.25, 0.3) is 17.4 Å². The Hall–Kier alpha value is -5.43. The number of nitrogens with zero attached hydrogens (tertiary/aromatic N) is 4. The van der Waals surface area contributed by atoms with Crippen LogP contribution in [0.15, 0.2) is 41.3 Å². The van der Waals surface area contributed by atoms with Gasteiger partial charge in [-0.05, 0) is 87.7 Å². The average Bonchev–Trinajstić information content (AvgIpc) is 3.62. The van der Waals surface area contributed by atoms with Gasteiger partial charge in [-0.15, -0.1) is 0 Å². The number of anilines is 1. The smallest absolute Gasteiger partial charge is 0.274 e. The number of amides is 4. The third kappa shape index (κ3) is 5.20. The zero-order chi connectivity index (χ0) is 36.6. The minimum Gasteiger partial charge on any atom is -0.496 e. The maximum atomic E-state index is 13.4. The second-order valence-corrected chi connectivity index (χ2v) is 14.7. The van der Waals surface area contributed by atoms with Crippen LogP contribution in [0.5, 0.6) is 11.5 Å². The summed E-state index contributed by atoms with van der Waals surface area (Å²) in [6, 6.07) is 8.44. The SMILES string of the molecule is COc1cc(-c2c(C)n(C)c(=O)c3[nH]cc(C)c23)cc(OC)c1CN1CCC2(CC1)CN(c1ccc3c(c1)C(=O)N(C1CCC(=O)NC1=O)C3=O)C2. The molecule has 6 heterocycles. The number of fused-ring (bicyclic) bond motifs is 2. The summed E-state index contributed by atoms with van der Waals surface area (Å²) >= 11 is 0. The Balaban J connectivity index is 0.952. The number of benzene rings is 2. The van der Waals surface area contributed by atoms with Crippen molar-refractivity contribution in [3.63, 3.8) is 0 Å². The van der Waals surface area contributed by atoms with Crippen LogP contribution in [0.4, 0.5) is 5.69 Å². The molecule has 3 fully saturated rings. The first kappa shape index (κ1) is 33.7. The van der Waals surface area contributed by atoms with Crippen LogP contribution in [0.25, 0.3) is 22.0 Å². The van der Waals surface area contributed by atoms with Crippen molar-refractivity contribution in [2.75, 3.05) is 45.3 Å². The molecule has 4 aliphatic heterocycles. The summed E-state index contributed by atoms with van der Waals surface area (Å²) in [7, 11) is 5.14. The number of ether oxygens (including phenoxy) is 2. The van der Waals surface area contributed by atoms with Crippen LogP contribution in [0.1, 0.15) is 63.2 Å². The number of pyridine rings is 1. The normalized spacial score (nSPS) is 20.1. The Kier molecular flexibility index (Phi) is 8.01. The van der Waals surface area contributed by atoms with Gasteiger partial charge in [-0.25, -0.2) is 0 Å². The number of aryl methyl sites for hydroxylation is 1. The van der Waals surface area contributed by atoms with Gasteiger partial charge in [-0.3, -0.25) is 39.1 Å². The molecule has 0 radical (unpaired) electrons. The van der Waals surface area contributed by atoms with Crippen LogP contribution < -0.4 is 25.2 Å². The van der Waals surface area contributed by atoms with Crippen molar-refractivity contribution in [3.8, 4) is 22.6 Å². The summed E-state index contributed by atoms with van der Waals surface area (Å²) in [5.41, 5.74) is 6.89. The van der Waals surface area contributed by atoms with E-state index >= 15 is 0 Å². The van der Waals surface area contributed by atoms with Crippen molar-refractivity contribution in [2.45, 2.75) is 52.1 Å². The first-order chi connectivity index (χ1) is 24.9. The molecule has 52 heavy (non-hydrogen) atoms. The number of aromatic amines is 1. The van der Waals surface area contributed by atoms with Crippen LogP contribution in [-0.4, -0.2) is 89.4 Å². The summed E-state index contributed by atoms with van der Waals surface area (Å²) in [6.45, 7) is 8.15. The molecule has 3 saturated heterocycles. The van der Waals surface area contributed by atoms with Gasteiger partial charge in [0.05, 0.1) is 30.9 Å². The average molecular weight is 707 g/mol. The molecule has 0 saturated carbocycles. The van der Waals surface area contributed by atoms with Gasteiger partial charge in [0.2, 0.25) is 11.8 Å². The number of H-pyrrole nitrogens is 1. The van der Waals surface area contributed by atoms with E-state index in [1.54, 1.807) is 38.0 Å². The minimum atomic E-state index is -0.978. The molecule has 270 valence electrons. The monoisotopic (exact) mass is 706 g/mol. The molecule has 8 rings (SSSR count). The molecule has 1 spiro atoms. The third-order valence-electron chi connectivity index (χ3n) is 11.7. The lowest BCUT2D eigenvalue weighted by molar-refractivity contribution is -0.136. The van der Waals surface area contributed by atoms with E-state index in [1.807, 2.05) is 38.2 Å². The molecular formula is C39H42N6O7. The van der Waals surface area contributed by atoms with E-state index in [-0.39, 0.29) is 23.8 Å². The predicted octanol–water partition coefficient (Wildman–Crippen LogP) is 3.67. The fraction of sp³-hybridized carbons (Fsp3) is 0.410. The van der Waals surface area contributed by atoms with E-state index in [4.69, 9.17) is 9.47 Å². The van der Waals surface area contributed by atoms with Crippen LogP contribution in [0.3, 0.4) is 0 Å². The Morgan fingerprint density at radius 2 is 1.58 bits per heavy atom. The van der Waals surface area contributed by atoms with E-state index in [9.17, 15) is 24.0 Å². The van der Waals surface area contributed by atoms with Gasteiger partial charge in [0.15, 0.2) is 0 Å². The van der Waals surface area contributed by atoms with Gasteiger partial charge in [0, 0.05) is 67.0 Å². The lowest BCUT2D eigenvalue weighted by Gasteiger charge is -2.55. The van der Waals surface area contributed by atoms with Crippen molar-refractivity contribution < 1.29 is 28.7 Å². The summed E-state index contributed by atoms with van der Waals surface area (Å²) in [4.78, 5) is 72.4. The van der Waals surface area contributed by atoms with E-state index in [0.717, 1.165) is 94.4 Å². The van der Waals surface area contributed by atoms with Crippen molar-refractivity contribution in [1.82, 2.24) is 24.7 Å². The molecule has 4 aliphatic rings. The Labute approximate surface area is 300 Å². The van der Waals surface area contributed by atoms with Gasteiger partial charge >= 0.3 is 0 Å². The molecule has 0 aliphatic carbocycles. The number of carbonyl (C=O) groups is 4. The molecule has 4 aromatic rings. The Morgan fingerprint density at radius 3 is 2.23 bits per heavy atom. The van der Waals surface area contributed by atoms with Gasteiger partial charge in [0.1, 0.15) is 23.1 Å². The van der Waals surface area contributed by atoms with Gasteiger partial charge < -0.3 is 23.9 Å². The number of imide groups is 2. The molecule has 13 heteroatoms. The quantitative estimate of drug-likeness (QED) is 0.275. The number of hydrogen-bond acceptors (Lipinski definition) is 9. The van der Waals surface area contributed by atoms with Gasteiger partial charge in [-0.1, -0.05) is 0 Å². The molecule has 13 nitrogen and oxygen atoms in total. The second-order valence-electron chi connectivity index (χ2n) is 14.7. The van der Waals surface area contributed by atoms with Crippen molar-refractivity contribution >= 4 is 40.2 Å². The summed E-state index contributed by atoms with van der Waals surface area (Å²) in [5, 5.41) is 3.15. The fourth-order valence-corrected chi connectivity index (χ4v) is 8.65. The van der Waals surface area contributed by atoms with Crippen LogP contribution in [-0.2, 0) is 23.2 Å². The summed E-state index contributed by atoms with van der Waals surface area (Å²) < 4.78 is 13.6. The molecule has 1 atom stereocenters. The minimum absolute atomic E-state index is 0.0606. The summed E-state index contributed by atoms with van der Waals surface area (Å²) in [5.74, 6) is -0.516. The van der Waals surface area contributed by atoms with Crippen molar-refractivity contribution in [3.05, 3.63) is 74.8 Å². The van der Waals surface area contributed by atoms with E-state index < -0.39 is 29.7 Å². The third-order valence-corrected chi connectivity index (χ3v) is 11.7. The second kappa shape index (κ2) is 12.4. The molecule has 1 unspecified atom stereocenters. The zero-order valence-electron chi connectivity index (χ0n) is 30.1.